The minimum absolute atomic E-state index is 0.0895. The summed E-state index contributed by atoms with van der Waals surface area (Å²) in [5, 5.41) is 3.17. The second-order valence-corrected chi connectivity index (χ2v) is 5.73. The first-order valence-electron chi connectivity index (χ1n) is 6.97. The number of hydrogen-bond donors (Lipinski definition) is 1. The van der Waals surface area contributed by atoms with Crippen molar-refractivity contribution in [2.75, 3.05) is 6.61 Å². The van der Waals surface area contributed by atoms with Gasteiger partial charge in [0.15, 0.2) is 5.75 Å². The summed E-state index contributed by atoms with van der Waals surface area (Å²) in [4.78, 5) is 16.7. The number of carbonyl (C=O) groups is 1. The Bertz CT molecular complexity index is 814. The molecular formula is C15H12Cl2F3N3O3. The Labute approximate surface area is 156 Å². The molecule has 0 saturated heterocycles. The van der Waals surface area contributed by atoms with Crippen LogP contribution >= 0.6 is 23.2 Å². The van der Waals surface area contributed by atoms with Crippen molar-refractivity contribution < 1.29 is 27.5 Å². The molecule has 0 aliphatic carbocycles. The molecule has 0 aliphatic heterocycles. The number of nitrogens with zero attached hydrogens (tertiary/aromatic N) is 2. The molecule has 6 nitrogen and oxygen atoms in total. The lowest BCUT2D eigenvalue weighted by molar-refractivity contribution is -0.137. The van der Waals surface area contributed by atoms with Crippen LogP contribution in [-0.4, -0.2) is 22.4 Å². The number of nitrogens with one attached hydrogen (secondary N) is 1. The van der Waals surface area contributed by atoms with Crippen molar-refractivity contribution in [2.45, 2.75) is 13.1 Å². The smallest absolute Gasteiger partial charge is 0.416 e. The maximum absolute atomic E-state index is 12.7. The highest BCUT2D eigenvalue weighted by molar-refractivity contribution is 6.37. The van der Waals surface area contributed by atoms with Crippen LogP contribution in [0.2, 0.25) is 10.0 Å². The Balaban J connectivity index is 2.23. The van der Waals surface area contributed by atoms with Gasteiger partial charge in [-0.25, -0.2) is 10.3 Å². The molecule has 1 N–H and O–H groups in total. The number of amides is 1. The first-order valence-corrected chi connectivity index (χ1v) is 7.73. The van der Waals surface area contributed by atoms with Gasteiger partial charge in [-0.1, -0.05) is 29.3 Å². The van der Waals surface area contributed by atoms with Gasteiger partial charge in [0.25, 0.3) is 0 Å². The van der Waals surface area contributed by atoms with Crippen LogP contribution in [0.15, 0.2) is 30.9 Å². The molecule has 0 atom stereocenters. The number of carbonyl (C=O) groups excluding carboxylic acids is 1. The largest absolute Gasteiger partial charge is 0.434 e. The summed E-state index contributed by atoms with van der Waals surface area (Å²) in [5.74, 6) is -0.306. The van der Waals surface area contributed by atoms with E-state index in [9.17, 15) is 18.0 Å². The predicted molar refractivity (Wildman–Crippen MR) is 88.6 cm³/mol. The molecular weight excluding hydrogens is 398 g/mol. The summed E-state index contributed by atoms with van der Waals surface area (Å²) in [7, 11) is 0. The number of hydroxylamine groups is 1. The summed E-state index contributed by atoms with van der Waals surface area (Å²) in [5.41, 5.74) is 1.48. The number of alkyl halides is 3. The van der Waals surface area contributed by atoms with Crippen LogP contribution in [0.3, 0.4) is 0 Å². The Kier molecular flexibility index (Phi) is 6.17. The number of hydrogen-bond acceptors (Lipinski definition) is 4. The highest BCUT2D eigenvalue weighted by Gasteiger charge is 2.32. The molecule has 26 heavy (non-hydrogen) atoms. The number of aryl methyl sites for hydroxylation is 1. The molecule has 2 aromatic rings. The Morgan fingerprint density at radius 2 is 1.96 bits per heavy atom. The van der Waals surface area contributed by atoms with Crippen LogP contribution < -0.4 is 10.2 Å². The maximum Gasteiger partial charge on any atom is 0.416 e. The molecule has 0 radical (unpaired) electrons. The molecule has 0 spiro atoms. The van der Waals surface area contributed by atoms with Crippen molar-refractivity contribution in [3.8, 4) is 11.6 Å². The van der Waals surface area contributed by atoms with E-state index in [0.717, 1.165) is 4.68 Å². The fourth-order valence-corrected chi connectivity index (χ4v) is 2.40. The SMILES string of the molecule is C=CCONC(=O)n1nc(Oc2c(Cl)cc(C(F)(F)F)cc2Cl)cc1C. The third-order valence-electron chi connectivity index (χ3n) is 2.95. The van der Waals surface area contributed by atoms with Gasteiger partial charge < -0.3 is 4.74 Å². The average Bonchev–Trinajstić information content (AvgIpc) is 2.90. The lowest BCUT2D eigenvalue weighted by Crippen LogP contribution is -2.30. The van der Waals surface area contributed by atoms with Crippen molar-refractivity contribution in [1.82, 2.24) is 15.3 Å². The van der Waals surface area contributed by atoms with Gasteiger partial charge in [0.2, 0.25) is 5.88 Å². The number of halogens is 5. The molecule has 0 aliphatic rings. The van der Waals surface area contributed by atoms with Crippen molar-refractivity contribution in [3.63, 3.8) is 0 Å². The molecule has 11 heteroatoms. The van der Waals surface area contributed by atoms with E-state index in [2.05, 4.69) is 17.2 Å². The summed E-state index contributed by atoms with van der Waals surface area (Å²) in [6.07, 6.45) is -3.17. The van der Waals surface area contributed by atoms with Crippen molar-refractivity contribution in [3.05, 3.63) is 52.2 Å². The second-order valence-electron chi connectivity index (χ2n) is 4.91. The van der Waals surface area contributed by atoms with Crippen LogP contribution in [0.1, 0.15) is 11.3 Å². The number of ether oxygens (including phenoxy) is 1. The Morgan fingerprint density at radius 1 is 1.35 bits per heavy atom. The number of rotatable bonds is 5. The van der Waals surface area contributed by atoms with E-state index in [1.807, 2.05) is 0 Å². The van der Waals surface area contributed by atoms with Crippen molar-refractivity contribution in [2.24, 2.45) is 0 Å². The monoisotopic (exact) mass is 409 g/mol. The highest BCUT2D eigenvalue weighted by Crippen LogP contribution is 2.41. The van der Waals surface area contributed by atoms with Gasteiger partial charge in [-0.3, -0.25) is 4.84 Å². The molecule has 1 heterocycles. The normalized spacial score (nSPS) is 11.3. The quantitative estimate of drug-likeness (QED) is 0.429. The van der Waals surface area contributed by atoms with E-state index < -0.39 is 17.8 Å². The predicted octanol–water partition coefficient (Wildman–Crippen LogP) is 4.98. The highest BCUT2D eigenvalue weighted by atomic mass is 35.5. The number of benzene rings is 1. The van der Waals surface area contributed by atoms with Crippen LogP contribution in [0.4, 0.5) is 18.0 Å². The fraction of sp³-hybridized carbons (Fsp3) is 0.200. The molecule has 0 saturated carbocycles. The zero-order chi connectivity index (χ0) is 19.5. The van der Waals surface area contributed by atoms with E-state index in [1.54, 1.807) is 6.92 Å². The summed E-state index contributed by atoms with van der Waals surface area (Å²) in [6.45, 7) is 5.07. The summed E-state index contributed by atoms with van der Waals surface area (Å²) in [6, 6.07) is 2.03. The zero-order valence-electron chi connectivity index (χ0n) is 13.2. The van der Waals surface area contributed by atoms with Crippen molar-refractivity contribution in [1.29, 1.82) is 0 Å². The molecule has 0 fully saturated rings. The topological polar surface area (TPSA) is 65.4 Å². The van der Waals surface area contributed by atoms with Gasteiger partial charge in [-0.05, 0) is 19.1 Å². The van der Waals surface area contributed by atoms with E-state index in [0.29, 0.717) is 17.8 Å². The Hall–Kier alpha value is -2.23. The molecule has 0 bridgehead atoms. The average molecular weight is 410 g/mol. The maximum atomic E-state index is 12.7. The summed E-state index contributed by atoms with van der Waals surface area (Å²) >= 11 is 11.7. The second kappa shape index (κ2) is 7.98. The van der Waals surface area contributed by atoms with Gasteiger partial charge in [0.1, 0.15) is 0 Å². The third-order valence-corrected chi connectivity index (χ3v) is 3.51. The molecule has 1 amide bonds. The molecule has 2 rings (SSSR count). The van der Waals surface area contributed by atoms with Crippen LogP contribution in [0, 0.1) is 6.92 Å². The van der Waals surface area contributed by atoms with Crippen LogP contribution in [0.25, 0.3) is 0 Å². The van der Waals surface area contributed by atoms with Crippen molar-refractivity contribution >= 4 is 29.2 Å². The minimum Gasteiger partial charge on any atom is -0.434 e. The molecule has 1 aromatic carbocycles. The first-order chi connectivity index (χ1) is 12.1. The minimum atomic E-state index is -4.60. The van der Waals surface area contributed by atoms with E-state index >= 15 is 0 Å². The lowest BCUT2D eigenvalue weighted by atomic mass is 10.2. The van der Waals surface area contributed by atoms with E-state index in [1.165, 1.54) is 12.1 Å². The van der Waals surface area contributed by atoms with E-state index in [4.69, 9.17) is 32.8 Å². The molecule has 0 unspecified atom stereocenters. The summed E-state index contributed by atoms with van der Waals surface area (Å²) < 4.78 is 44.5. The first kappa shape index (κ1) is 20.1. The van der Waals surface area contributed by atoms with Gasteiger partial charge in [0, 0.05) is 6.07 Å². The fourth-order valence-electron chi connectivity index (χ4n) is 1.83. The van der Waals surface area contributed by atoms with Gasteiger partial charge in [-0.15, -0.1) is 11.7 Å². The van der Waals surface area contributed by atoms with E-state index in [-0.39, 0.29) is 28.3 Å². The van der Waals surface area contributed by atoms with Gasteiger partial charge >= 0.3 is 12.2 Å². The van der Waals surface area contributed by atoms with Gasteiger partial charge in [0.05, 0.1) is 27.9 Å². The molecule has 1 aromatic heterocycles. The standard InChI is InChI=1S/C15H12Cl2F3N3O3/c1-3-4-25-22-14(24)23-8(2)5-12(21-23)26-13-10(16)6-9(7-11(13)17)15(18,19)20/h3,5-7H,1,4H2,2H3,(H,22,24). The zero-order valence-corrected chi connectivity index (χ0v) is 14.7. The van der Waals surface area contributed by atoms with Gasteiger partial charge in [-0.2, -0.15) is 17.9 Å². The van der Waals surface area contributed by atoms with Crippen LogP contribution in [0.5, 0.6) is 11.6 Å². The Morgan fingerprint density at radius 3 is 2.50 bits per heavy atom. The van der Waals surface area contributed by atoms with Crippen LogP contribution in [-0.2, 0) is 11.0 Å². The molecule has 140 valence electrons. The third kappa shape index (κ3) is 4.69. The lowest BCUT2D eigenvalue weighted by Gasteiger charge is -2.11. The number of aromatic nitrogens is 2.